The summed E-state index contributed by atoms with van der Waals surface area (Å²) in [5.74, 6) is 0.259. The molecule has 10 nitrogen and oxygen atoms in total. The molecule has 211 valence electrons. The summed E-state index contributed by atoms with van der Waals surface area (Å²) in [7, 11) is -0.331. The highest BCUT2D eigenvalue weighted by Crippen LogP contribution is 2.42. The van der Waals surface area contributed by atoms with Crippen molar-refractivity contribution >= 4 is 36.2 Å². The fourth-order valence-electron chi connectivity index (χ4n) is 5.13. The Morgan fingerprint density at radius 1 is 1.00 bits per heavy atom. The van der Waals surface area contributed by atoms with Crippen LogP contribution >= 0.6 is 0 Å². The van der Waals surface area contributed by atoms with E-state index < -0.39 is 38.1 Å². The lowest BCUT2D eigenvalue weighted by Gasteiger charge is -2.41. The van der Waals surface area contributed by atoms with E-state index in [1.54, 1.807) is 13.4 Å². The number of nitrogen functional groups attached to an aromatic ring is 1. The van der Waals surface area contributed by atoms with E-state index in [4.69, 9.17) is 24.7 Å². The van der Waals surface area contributed by atoms with Crippen molar-refractivity contribution in [3.05, 3.63) is 73.3 Å². The molecule has 2 aromatic carbocycles. The maximum Gasteiger partial charge on any atom is 0.190 e. The van der Waals surface area contributed by atoms with Crippen LogP contribution in [0.5, 0.6) is 0 Å². The predicted molar refractivity (Wildman–Crippen MR) is 154 cm³/mol. The number of rotatable bonds is 10. The molecule has 1 radical (unpaired) electrons. The lowest BCUT2D eigenvalue weighted by atomic mass is 10.1. The average Bonchev–Trinajstić information content (AvgIpc) is 3.50. The number of nitrogens with zero attached hydrogens (tertiary/aromatic N) is 4. The molecule has 1 fully saturated rings. The fourth-order valence-corrected chi connectivity index (χ4v) is 8.55. The third-order valence-electron chi connectivity index (χ3n) is 6.88. The van der Waals surface area contributed by atoms with Gasteiger partial charge in [-0.05, 0) is 20.8 Å². The molecule has 0 saturated carbocycles. The van der Waals surface area contributed by atoms with Crippen molar-refractivity contribution in [1.29, 1.82) is 0 Å². The molecule has 0 spiro atoms. The number of imidazole rings is 1. The smallest absolute Gasteiger partial charge is 0.190 e. The fraction of sp³-hybridized carbons (Fsp3) is 0.414. The number of benzene rings is 2. The quantitative estimate of drug-likeness (QED) is 0.218. The Bertz CT molecular complexity index is 1360. The van der Waals surface area contributed by atoms with Crippen molar-refractivity contribution in [1.82, 2.24) is 19.5 Å². The number of fused-ring (bicyclic) bond motifs is 1. The zero-order valence-corrected chi connectivity index (χ0v) is 24.2. The topological polar surface area (TPSA) is 127 Å². The van der Waals surface area contributed by atoms with Crippen LogP contribution in [0, 0.1) is 0 Å². The number of ether oxygens (including phenoxy) is 4. The Hall–Kier alpha value is -3.19. The summed E-state index contributed by atoms with van der Waals surface area (Å²) in [6, 6.07) is 20.4. The van der Waals surface area contributed by atoms with Crippen LogP contribution in [-0.4, -0.2) is 84.3 Å². The summed E-state index contributed by atoms with van der Waals surface area (Å²) in [5.41, 5.74) is 6.73. The number of aliphatic hydroxyl groups is 1. The van der Waals surface area contributed by atoms with Crippen LogP contribution in [0.25, 0.3) is 11.2 Å². The van der Waals surface area contributed by atoms with Gasteiger partial charge in [0, 0.05) is 7.11 Å². The van der Waals surface area contributed by atoms with Crippen LogP contribution in [0.3, 0.4) is 0 Å². The zero-order chi connectivity index (χ0) is 28.3. The Balaban J connectivity index is 1.78. The number of hydrogen-bond donors (Lipinski definition) is 2. The molecule has 40 heavy (non-hydrogen) atoms. The Morgan fingerprint density at radius 2 is 1.65 bits per heavy atom. The summed E-state index contributed by atoms with van der Waals surface area (Å²) in [6.45, 7) is 6.68. The minimum absolute atomic E-state index is 0.166. The minimum atomic E-state index is -1.95. The molecule has 2 aromatic heterocycles. The zero-order valence-electron chi connectivity index (χ0n) is 23.2. The molecule has 3 N–H and O–H groups in total. The van der Waals surface area contributed by atoms with Gasteiger partial charge in [0.25, 0.3) is 0 Å². The monoisotopic (exact) mass is 562 g/mol. The van der Waals surface area contributed by atoms with Crippen LogP contribution in [-0.2, 0) is 24.3 Å². The summed E-state index contributed by atoms with van der Waals surface area (Å²) in [4.78, 5) is 13.3. The molecule has 4 aromatic rings. The van der Waals surface area contributed by atoms with E-state index in [1.165, 1.54) is 6.33 Å². The molecule has 0 amide bonds. The molecular weight excluding hydrogens is 526 g/mol. The molecule has 3 heterocycles. The van der Waals surface area contributed by atoms with Gasteiger partial charge in [-0.1, -0.05) is 71.0 Å². The van der Waals surface area contributed by atoms with Crippen LogP contribution in [0.4, 0.5) is 5.82 Å². The highest BCUT2D eigenvalue weighted by Gasteiger charge is 2.63. The van der Waals surface area contributed by atoms with Crippen LogP contribution < -0.4 is 16.1 Å². The molecule has 5 rings (SSSR count). The molecule has 11 heteroatoms. The molecule has 0 bridgehead atoms. The Morgan fingerprint density at radius 3 is 2.25 bits per heavy atom. The molecular formula is C29H36N5O5Si. The van der Waals surface area contributed by atoms with Gasteiger partial charge in [0.15, 0.2) is 25.6 Å². The van der Waals surface area contributed by atoms with Crippen molar-refractivity contribution in [2.75, 3.05) is 32.7 Å². The van der Waals surface area contributed by atoms with Crippen LogP contribution in [0.15, 0.2) is 73.3 Å². The van der Waals surface area contributed by atoms with E-state index in [0.29, 0.717) is 17.8 Å². The van der Waals surface area contributed by atoms with Gasteiger partial charge in [-0.3, -0.25) is 4.57 Å². The average molecular weight is 563 g/mol. The van der Waals surface area contributed by atoms with Gasteiger partial charge < -0.3 is 29.8 Å². The van der Waals surface area contributed by atoms with Crippen molar-refractivity contribution < 1.29 is 24.1 Å². The minimum Gasteiger partial charge on any atom is -0.387 e. The molecule has 0 unspecified atom stereocenters. The normalized spacial score (nSPS) is 23.3. The number of methoxy groups -OCH3 is 1. The standard InChI is InChI=1S/C29H36N5O5Si/c1-28(2,3)38-17-22-24(35)25(37-16-15-36-4)29(39-22,34-19-33-23-26(30)31-18-32-27(23)34)40(20-11-7-5-8-12-20)21-13-9-6-10-14-21/h5-14,18-19,22,24-25,35H,15-17H2,1-4H3,(H2,30,31,32)/t22-,24-,25-,29+/m1/s1. The van der Waals surface area contributed by atoms with Crippen LogP contribution in [0.1, 0.15) is 20.8 Å². The third-order valence-corrected chi connectivity index (χ3v) is 10.1. The lowest BCUT2D eigenvalue weighted by molar-refractivity contribution is -0.126. The highest BCUT2D eigenvalue weighted by atomic mass is 28.3. The molecule has 0 aliphatic carbocycles. The summed E-state index contributed by atoms with van der Waals surface area (Å²) in [6.07, 6.45) is 0.532. The number of aliphatic hydroxyl groups excluding tert-OH is 1. The molecule has 1 aliphatic heterocycles. The Kier molecular flexibility index (Phi) is 8.31. The first-order chi connectivity index (χ1) is 19.3. The van der Waals surface area contributed by atoms with E-state index >= 15 is 0 Å². The van der Waals surface area contributed by atoms with Crippen molar-refractivity contribution in [3.63, 3.8) is 0 Å². The van der Waals surface area contributed by atoms with E-state index in [9.17, 15) is 5.11 Å². The second kappa shape index (κ2) is 11.7. The number of anilines is 1. The van der Waals surface area contributed by atoms with Crippen molar-refractivity contribution in [2.24, 2.45) is 0 Å². The summed E-state index contributed by atoms with van der Waals surface area (Å²) >= 11 is 0. The van der Waals surface area contributed by atoms with Gasteiger partial charge in [-0.25, -0.2) is 15.0 Å². The van der Waals surface area contributed by atoms with Crippen molar-refractivity contribution in [2.45, 2.75) is 50.0 Å². The van der Waals surface area contributed by atoms with Crippen molar-refractivity contribution in [3.8, 4) is 0 Å². The second-order valence-corrected chi connectivity index (χ2v) is 13.3. The van der Waals surface area contributed by atoms with Gasteiger partial charge >= 0.3 is 0 Å². The van der Waals surface area contributed by atoms with Gasteiger partial charge in [0.1, 0.15) is 30.2 Å². The van der Waals surface area contributed by atoms with Gasteiger partial charge in [-0.2, -0.15) is 0 Å². The predicted octanol–water partition coefficient (Wildman–Crippen LogP) is 1.52. The largest absolute Gasteiger partial charge is 0.387 e. The third kappa shape index (κ3) is 5.40. The number of hydrogen-bond acceptors (Lipinski definition) is 9. The van der Waals surface area contributed by atoms with E-state index in [2.05, 4.69) is 39.2 Å². The first-order valence-corrected chi connectivity index (χ1v) is 14.8. The first kappa shape index (κ1) is 28.3. The summed E-state index contributed by atoms with van der Waals surface area (Å²) in [5, 5.41) is 12.8. The highest BCUT2D eigenvalue weighted by molar-refractivity contribution is 6.86. The van der Waals surface area contributed by atoms with Gasteiger partial charge in [0.2, 0.25) is 0 Å². The van der Waals surface area contributed by atoms with E-state index in [1.807, 2.05) is 61.7 Å². The summed E-state index contributed by atoms with van der Waals surface area (Å²) < 4.78 is 26.9. The van der Waals surface area contributed by atoms with E-state index in [-0.39, 0.29) is 19.0 Å². The number of aromatic nitrogens is 4. The number of nitrogens with two attached hydrogens (primary N) is 1. The maximum atomic E-state index is 11.9. The second-order valence-electron chi connectivity index (χ2n) is 10.7. The SMILES string of the molecule is COCCO[C@@H]1[C@H](O)[C@@H](COC(C)(C)C)O[C@]1(n1cnc2c(N)ncnc21)[Si](c1ccccc1)c1ccccc1. The lowest BCUT2D eigenvalue weighted by Crippen LogP contribution is -2.67. The van der Waals surface area contributed by atoms with Gasteiger partial charge in [0.05, 0.1) is 31.7 Å². The van der Waals surface area contributed by atoms with Gasteiger partial charge in [-0.15, -0.1) is 0 Å². The molecule has 4 atom stereocenters. The molecule has 1 saturated heterocycles. The first-order valence-electron chi connectivity index (χ1n) is 13.3. The maximum absolute atomic E-state index is 11.9. The van der Waals surface area contributed by atoms with E-state index in [0.717, 1.165) is 10.4 Å². The molecule has 1 aliphatic rings. The van der Waals surface area contributed by atoms with Crippen LogP contribution in [0.2, 0.25) is 0 Å². The Labute approximate surface area is 235 Å².